The van der Waals surface area contributed by atoms with Crippen LogP contribution >= 0.6 is 0 Å². The van der Waals surface area contributed by atoms with Crippen LogP contribution < -0.4 is 10.4 Å². The van der Waals surface area contributed by atoms with E-state index in [1.165, 1.54) is 0 Å². The predicted molar refractivity (Wildman–Crippen MR) is 106 cm³/mol. The van der Waals surface area contributed by atoms with Gasteiger partial charge in [-0.2, -0.15) is 79.6 Å². The first-order valence-electron chi connectivity index (χ1n) is 11.3. The molecule has 1 aliphatic heterocycles. The van der Waals surface area contributed by atoms with Gasteiger partial charge in [0.05, 0.1) is 25.7 Å². The Morgan fingerprint density at radius 1 is 0.841 bits per heavy atom. The lowest BCUT2D eigenvalue weighted by molar-refractivity contribution is -0.461. The number of aromatic nitrogens is 2. The first kappa shape index (κ1) is 37.6. The summed E-state index contributed by atoms with van der Waals surface area (Å²) in [5, 5.41) is 18.8. The van der Waals surface area contributed by atoms with Crippen LogP contribution in [0.5, 0.6) is 5.88 Å². The molecule has 0 aromatic carbocycles. The minimum atomic E-state index is -8.72. The van der Waals surface area contributed by atoms with Crippen LogP contribution in [0.1, 0.15) is 24.6 Å². The van der Waals surface area contributed by atoms with Gasteiger partial charge in [0, 0.05) is 18.2 Å². The van der Waals surface area contributed by atoms with Crippen molar-refractivity contribution in [2.24, 2.45) is 0 Å². The fourth-order valence-corrected chi connectivity index (χ4v) is 3.58. The number of nitrogens with zero attached hydrogens (tertiary/aromatic N) is 2. The normalized spacial score (nSPS) is 21.6. The number of aliphatic hydroxyl groups is 2. The van der Waals surface area contributed by atoms with E-state index < -0.39 is 97.3 Å². The van der Waals surface area contributed by atoms with Gasteiger partial charge in [0.15, 0.2) is 0 Å². The van der Waals surface area contributed by atoms with Crippen LogP contribution in [0.25, 0.3) is 0 Å². The number of hydrogen-bond donors (Lipinski definition) is 2. The average molecular weight is 688 g/mol. The van der Waals surface area contributed by atoms with Crippen molar-refractivity contribution in [3.63, 3.8) is 0 Å². The van der Waals surface area contributed by atoms with Crippen LogP contribution in [-0.2, 0) is 4.74 Å². The molecule has 1 aromatic heterocycles. The van der Waals surface area contributed by atoms with E-state index in [0.717, 1.165) is 13.1 Å². The van der Waals surface area contributed by atoms with E-state index in [-0.39, 0.29) is 12.0 Å². The lowest BCUT2D eigenvalue weighted by Gasteiger charge is -2.42. The molecule has 0 spiro atoms. The Balaban J connectivity index is 2.31. The van der Waals surface area contributed by atoms with Crippen LogP contribution in [-0.4, -0.2) is 92.8 Å². The Kier molecular flexibility index (Phi) is 9.66. The minimum absolute atomic E-state index is 0.286. The summed E-state index contributed by atoms with van der Waals surface area (Å²) in [5.41, 5.74) is -1.67. The van der Waals surface area contributed by atoms with Crippen molar-refractivity contribution in [3.8, 4) is 5.88 Å². The van der Waals surface area contributed by atoms with Gasteiger partial charge >= 0.3 is 53.3 Å². The molecule has 7 nitrogen and oxygen atoms in total. The first-order chi connectivity index (χ1) is 19.5. The zero-order chi connectivity index (χ0) is 34.7. The summed E-state index contributed by atoms with van der Waals surface area (Å²) in [4.78, 5) is 15.4. The Hall–Kier alpha value is -2.63. The number of ether oxygens (including phenoxy) is 2. The van der Waals surface area contributed by atoms with Crippen molar-refractivity contribution in [2.45, 2.75) is 85.8 Å². The highest BCUT2D eigenvalue weighted by Gasteiger charge is 2.95. The van der Waals surface area contributed by atoms with Crippen molar-refractivity contribution < 1.29 is 94.3 Å². The molecule has 44 heavy (non-hydrogen) atoms. The molecule has 3 atom stereocenters. The first-order valence-corrected chi connectivity index (χ1v) is 11.3. The molecule has 0 bridgehead atoms. The summed E-state index contributed by atoms with van der Waals surface area (Å²) in [7, 11) is 0. The molecule has 256 valence electrons. The van der Waals surface area contributed by atoms with E-state index in [4.69, 9.17) is 9.84 Å². The van der Waals surface area contributed by atoms with Gasteiger partial charge in [-0.25, -0.2) is 4.79 Å². The average Bonchev–Trinajstić information content (AvgIpc) is 3.24. The Bertz CT molecular complexity index is 1250. The minimum Gasteiger partial charge on any atom is -0.477 e. The van der Waals surface area contributed by atoms with Gasteiger partial charge in [0.25, 0.3) is 0 Å². The van der Waals surface area contributed by atoms with E-state index >= 15 is 0 Å². The Morgan fingerprint density at radius 2 is 1.30 bits per heavy atom. The molecule has 1 aliphatic rings. The molecule has 24 heteroatoms. The van der Waals surface area contributed by atoms with Gasteiger partial charge in [-0.3, -0.25) is 4.57 Å². The molecule has 1 aromatic rings. The summed E-state index contributed by atoms with van der Waals surface area (Å²) >= 11 is 0. The highest BCUT2D eigenvalue weighted by Crippen LogP contribution is 2.64. The largest absolute Gasteiger partial charge is 0.477 e. The fourth-order valence-electron chi connectivity index (χ4n) is 3.58. The van der Waals surface area contributed by atoms with Crippen LogP contribution in [0.4, 0.5) is 74.6 Å². The van der Waals surface area contributed by atoms with Crippen LogP contribution in [0.3, 0.4) is 0 Å². The molecule has 1 saturated heterocycles. The van der Waals surface area contributed by atoms with E-state index in [9.17, 15) is 84.5 Å². The number of rotatable bonds is 12. The topological polar surface area (TPSA) is 93.8 Å². The van der Waals surface area contributed by atoms with Crippen molar-refractivity contribution in [1.82, 2.24) is 9.55 Å². The lowest BCUT2D eigenvalue weighted by atomic mass is 9.88. The van der Waals surface area contributed by atoms with Crippen LogP contribution in [0, 0.1) is 6.92 Å². The highest BCUT2D eigenvalue weighted by molar-refractivity contribution is 5.21. The van der Waals surface area contributed by atoms with Crippen molar-refractivity contribution in [2.75, 3.05) is 13.2 Å². The smallest absolute Gasteiger partial charge is 0.460 e. The summed E-state index contributed by atoms with van der Waals surface area (Å²) in [5.74, 6) is -58.2. The maximum atomic E-state index is 14.0. The third kappa shape index (κ3) is 5.64. The zero-order valence-electron chi connectivity index (χ0n) is 21.1. The maximum Gasteiger partial charge on any atom is 0.460 e. The lowest BCUT2D eigenvalue weighted by Crippen LogP contribution is -2.74. The number of aliphatic hydroxyl groups excluding tert-OH is 2. The molecule has 2 unspecified atom stereocenters. The van der Waals surface area contributed by atoms with E-state index in [1.54, 1.807) is 0 Å². The number of alkyl halides is 17. The molecule has 2 heterocycles. The van der Waals surface area contributed by atoms with Crippen molar-refractivity contribution in [1.29, 1.82) is 0 Å². The van der Waals surface area contributed by atoms with Gasteiger partial charge in [-0.05, 0) is 6.92 Å². The summed E-state index contributed by atoms with van der Waals surface area (Å²) in [6.07, 6.45) is -13.8. The van der Waals surface area contributed by atoms with Gasteiger partial charge in [-0.1, -0.05) is 0 Å². The SMILES string of the molecule is Cc1cn(C2C[C@@H](O)C(CO)O2)c(=O)nc1OCCC(F)(F)C(F)(F)C(F)(F)C(F)(F)C(F)(F)C(F)(F)C(F)(F)C(F)(F)F. The zero-order valence-corrected chi connectivity index (χ0v) is 21.1. The molecule has 2 rings (SSSR count). The van der Waals surface area contributed by atoms with E-state index in [1.807, 2.05) is 0 Å². The summed E-state index contributed by atoms with van der Waals surface area (Å²) in [6, 6.07) is 0. The van der Waals surface area contributed by atoms with Gasteiger partial charge in [0.2, 0.25) is 5.88 Å². The molecule has 0 aliphatic carbocycles. The summed E-state index contributed by atoms with van der Waals surface area (Å²) < 4.78 is 237. The molecular formula is C20H17F17N2O5. The fraction of sp³-hybridized carbons (Fsp3) is 0.800. The Labute approximate surface area is 232 Å². The quantitative estimate of drug-likeness (QED) is 0.302. The molecule has 0 radical (unpaired) electrons. The molecule has 0 amide bonds. The molecule has 2 N–H and O–H groups in total. The van der Waals surface area contributed by atoms with Gasteiger partial charge in [-0.15, -0.1) is 0 Å². The highest BCUT2D eigenvalue weighted by atomic mass is 19.4. The third-order valence-electron chi connectivity index (χ3n) is 6.22. The Morgan fingerprint density at radius 3 is 1.73 bits per heavy atom. The number of hydrogen-bond acceptors (Lipinski definition) is 6. The summed E-state index contributed by atoms with van der Waals surface area (Å²) in [6.45, 7) is -1.66. The second kappa shape index (κ2) is 11.3. The van der Waals surface area contributed by atoms with Crippen LogP contribution in [0.2, 0.25) is 0 Å². The molecular weight excluding hydrogens is 671 g/mol. The molecule has 1 fully saturated rings. The second-order valence-electron chi connectivity index (χ2n) is 9.28. The maximum absolute atomic E-state index is 14.0. The predicted octanol–water partition coefficient (Wildman–Crippen LogP) is 4.97. The molecule has 0 saturated carbocycles. The van der Waals surface area contributed by atoms with Gasteiger partial charge in [0.1, 0.15) is 12.3 Å². The number of aryl methyl sites for hydroxylation is 1. The second-order valence-corrected chi connectivity index (χ2v) is 9.28. The van der Waals surface area contributed by atoms with E-state index in [2.05, 4.69) is 9.72 Å². The standard InChI is InChI=1S/C20H17F17N2O5/c1-7-5-39(10-4-8(41)9(6-40)44-10)12(42)38-11(7)43-3-2-13(21,22)14(23,24)15(25,26)16(27,28)17(29,30)18(31,32)19(33,34)20(35,36)37/h5,8-10,40-41H,2-4,6H2,1H3/t8-,9?,10?/m1/s1. The van der Waals surface area contributed by atoms with E-state index in [0.29, 0.717) is 4.57 Å². The third-order valence-corrected chi connectivity index (χ3v) is 6.22. The number of halogens is 17. The van der Waals surface area contributed by atoms with Crippen molar-refractivity contribution in [3.05, 3.63) is 22.2 Å². The monoisotopic (exact) mass is 688 g/mol. The van der Waals surface area contributed by atoms with Gasteiger partial charge < -0.3 is 19.7 Å². The van der Waals surface area contributed by atoms with Crippen molar-refractivity contribution >= 4 is 0 Å². The van der Waals surface area contributed by atoms with Crippen LogP contribution in [0.15, 0.2) is 11.0 Å².